The van der Waals surface area contributed by atoms with Crippen LogP contribution in [0.1, 0.15) is 17.3 Å². The third kappa shape index (κ3) is 2.03. The Morgan fingerprint density at radius 3 is 2.93 bits per heavy atom. The molecule has 2 aromatic heterocycles. The summed E-state index contributed by atoms with van der Waals surface area (Å²) < 4.78 is 5.05. The zero-order valence-electron chi connectivity index (χ0n) is 8.27. The molecule has 2 heterocycles. The normalized spacial score (nSPS) is 12.7. The predicted molar refractivity (Wildman–Crippen MR) is 58.9 cm³/mol. The van der Waals surface area contributed by atoms with Crippen molar-refractivity contribution in [2.45, 2.75) is 6.04 Å². The van der Waals surface area contributed by atoms with Crippen molar-refractivity contribution < 1.29 is 4.42 Å². The highest BCUT2D eigenvalue weighted by Crippen LogP contribution is 2.25. The molecule has 0 aliphatic carbocycles. The highest BCUT2D eigenvalue weighted by molar-refractivity contribution is 6.31. The van der Waals surface area contributed by atoms with E-state index >= 15 is 0 Å². The summed E-state index contributed by atoms with van der Waals surface area (Å²) in [5.41, 5.74) is 1.82. The fraction of sp³-hybridized carbons (Fsp3) is 0.182. The topological polar surface area (TPSA) is 38.1 Å². The molecule has 1 unspecified atom stereocenters. The van der Waals surface area contributed by atoms with Gasteiger partial charge >= 0.3 is 0 Å². The van der Waals surface area contributed by atoms with Crippen LogP contribution in [0.15, 0.2) is 41.3 Å². The third-order valence-electron chi connectivity index (χ3n) is 2.23. The van der Waals surface area contributed by atoms with Gasteiger partial charge in [-0.2, -0.15) is 0 Å². The molecule has 4 heteroatoms. The smallest absolute Gasteiger partial charge is 0.0954 e. The Kier molecular flexibility index (Phi) is 3.04. The van der Waals surface area contributed by atoms with E-state index in [0.29, 0.717) is 5.02 Å². The van der Waals surface area contributed by atoms with Crippen molar-refractivity contribution in [1.82, 2.24) is 10.3 Å². The molecule has 0 fully saturated rings. The second kappa shape index (κ2) is 4.47. The summed E-state index contributed by atoms with van der Waals surface area (Å²) in [6.45, 7) is 0. The summed E-state index contributed by atoms with van der Waals surface area (Å²) in [4.78, 5) is 4.27. The van der Waals surface area contributed by atoms with Crippen molar-refractivity contribution >= 4 is 11.6 Å². The highest BCUT2D eigenvalue weighted by Gasteiger charge is 2.16. The van der Waals surface area contributed by atoms with Gasteiger partial charge < -0.3 is 9.73 Å². The van der Waals surface area contributed by atoms with Gasteiger partial charge in [0, 0.05) is 11.8 Å². The van der Waals surface area contributed by atoms with E-state index in [1.54, 1.807) is 18.7 Å². The average Bonchev–Trinajstić information content (AvgIpc) is 2.75. The summed E-state index contributed by atoms with van der Waals surface area (Å²) >= 11 is 6.08. The number of halogens is 1. The van der Waals surface area contributed by atoms with Crippen LogP contribution in [0.2, 0.25) is 5.02 Å². The Labute approximate surface area is 93.1 Å². The van der Waals surface area contributed by atoms with Crippen LogP contribution in [0.5, 0.6) is 0 Å². The van der Waals surface area contributed by atoms with E-state index in [1.165, 1.54) is 0 Å². The fourth-order valence-corrected chi connectivity index (χ4v) is 1.74. The number of furan rings is 1. The van der Waals surface area contributed by atoms with E-state index in [1.807, 2.05) is 25.2 Å². The first-order valence-electron chi connectivity index (χ1n) is 4.62. The number of nitrogens with one attached hydrogen (secondary N) is 1. The van der Waals surface area contributed by atoms with Gasteiger partial charge in [0.05, 0.1) is 29.3 Å². The number of hydrogen-bond acceptors (Lipinski definition) is 3. The second-order valence-corrected chi connectivity index (χ2v) is 3.56. The number of pyridine rings is 1. The first-order chi connectivity index (χ1) is 7.33. The van der Waals surface area contributed by atoms with E-state index in [9.17, 15) is 0 Å². The average molecular weight is 223 g/mol. The molecule has 2 rings (SSSR count). The van der Waals surface area contributed by atoms with Crippen LogP contribution in [0.3, 0.4) is 0 Å². The lowest BCUT2D eigenvalue weighted by molar-refractivity contribution is 0.556. The molecule has 2 aromatic rings. The Hall–Kier alpha value is -1.32. The predicted octanol–water partition coefficient (Wildman–Crippen LogP) is 2.64. The van der Waals surface area contributed by atoms with Gasteiger partial charge in [-0.3, -0.25) is 4.98 Å². The molecular weight excluding hydrogens is 212 g/mol. The van der Waals surface area contributed by atoms with Gasteiger partial charge in [-0.25, -0.2) is 0 Å². The highest BCUT2D eigenvalue weighted by atomic mass is 35.5. The lowest BCUT2D eigenvalue weighted by Crippen LogP contribution is -2.18. The summed E-state index contributed by atoms with van der Waals surface area (Å²) in [6.07, 6.45) is 5.05. The lowest BCUT2D eigenvalue weighted by atomic mass is 10.1. The molecule has 1 atom stereocenters. The molecule has 3 nitrogen and oxygen atoms in total. The van der Waals surface area contributed by atoms with Crippen LogP contribution in [0.4, 0.5) is 0 Å². The maximum atomic E-state index is 6.08. The minimum Gasteiger partial charge on any atom is -0.472 e. The Morgan fingerprint density at radius 1 is 1.47 bits per heavy atom. The van der Waals surface area contributed by atoms with Crippen molar-refractivity contribution in [2.24, 2.45) is 0 Å². The number of hydrogen-bond donors (Lipinski definition) is 1. The van der Waals surface area contributed by atoms with E-state index in [0.717, 1.165) is 11.3 Å². The maximum Gasteiger partial charge on any atom is 0.0954 e. The zero-order chi connectivity index (χ0) is 10.7. The van der Waals surface area contributed by atoms with E-state index in [-0.39, 0.29) is 6.04 Å². The molecule has 0 saturated heterocycles. The number of aromatic nitrogens is 1. The second-order valence-electron chi connectivity index (χ2n) is 3.15. The molecular formula is C11H11ClN2O. The number of nitrogens with zero attached hydrogens (tertiary/aromatic N) is 1. The van der Waals surface area contributed by atoms with Gasteiger partial charge in [0.1, 0.15) is 0 Å². The van der Waals surface area contributed by atoms with Gasteiger partial charge in [0.15, 0.2) is 0 Å². The molecule has 0 aromatic carbocycles. The Bertz CT molecular complexity index is 428. The molecule has 15 heavy (non-hydrogen) atoms. The van der Waals surface area contributed by atoms with Gasteiger partial charge in [0.25, 0.3) is 0 Å². The Morgan fingerprint density at radius 2 is 2.33 bits per heavy atom. The third-order valence-corrected chi connectivity index (χ3v) is 2.55. The van der Waals surface area contributed by atoms with Gasteiger partial charge in [-0.1, -0.05) is 11.6 Å². The first kappa shape index (κ1) is 10.2. The molecule has 1 N–H and O–H groups in total. The minimum atomic E-state index is -0.0301. The summed E-state index contributed by atoms with van der Waals surface area (Å²) in [7, 11) is 1.86. The molecule has 0 saturated carbocycles. The molecule has 0 bridgehead atoms. The van der Waals surface area contributed by atoms with Crippen LogP contribution >= 0.6 is 11.6 Å². The van der Waals surface area contributed by atoms with Crippen LogP contribution in [-0.2, 0) is 0 Å². The maximum absolute atomic E-state index is 6.08. The standard InChI is InChI=1S/C11H11ClN2O/c1-13-10(8-4-6-15-7-8)11-9(12)3-2-5-14-11/h2-7,10,13H,1H3. The van der Waals surface area contributed by atoms with Crippen LogP contribution in [-0.4, -0.2) is 12.0 Å². The lowest BCUT2D eigenvalue weighted by Gasteiger charge is -2.14. The number of rotatable bonds is 3. The fourth-order valence-electron chi connectivity index (χ4n) is 1.51. The monoisotopic (exact) mass is 222 g/mol. The first-order valence-corrected chi connectivity index (χ1v) is 5.00. The van der Waals surface area contributed by atoms with E-state index < -0.39 is 0 Å². The van der Waals surface area contributed by atoms with Crippen LogP contribution in [0.25, 0.3) is 0 Å². The van der Waals surface area contributed by atoms with Gasteiger partial charge in [-0.15, -0.1) is 0 Å². The van der Waals surface area contributed by atoms with Crippen molar-refractivity contribution in [2.75, 3.05) is 7.05 Å². The van der Waals surface area contributed by atoms with Gasteiger partial charge in [-0.05, 0) is 25.2 Å². The van der Waals surface area contributed by atoms with Crippen molar-refractivity contribution in [1.29, 1.82) is 0 Å². The molecule has 0 aliphatic rings. The van der Waals surface area contributed by atoms with Crippen molar-refractivity contribution in [3.8, 4) is 0 Å². The quantitative estimate of drug-likeness (QED) is 0.868. The zero-order valence-corrected chi connectivity index (χ0v) is 9.03. The SMILES string of the molecule is CNC(c1ccoc1)c1ncccc1Cl. The molecule has 0 spiro atoms. The van der Waals surface area contributed by atoms with E-state index in [4.69, 9.17) is 16.0 Å². The molecule has 0 radical (unpaired) electrons. The van der Waals surface area contributed by atoms with Gasteiger partial charge in [0.2, 0.25) is 0 Å². The van der Waals surface area contributed by atoms with E-state index in [2.05, 4.69) is 10.3 Å². The molecule has 0 aliphatic heterocycles. The van der Waals surface area contributed by atoms with Crippen LogP contribution in [0, 0.1) is 0 Å². The molecule has 78 valence electrons. The summed E-state index contributed by atoms with van der Waals surface area (Å²) in [6, 6.07) is 5.51. The van der Waals surface area contributed by atoms with Crippen LogP contribution < -0.4 is 5.32 Å². The summed E-state index contributed by atoms with van der Waals surface area (Å²) in [5.74, 6) is 0. The summed E-state index contributed by atoms with van der Waals surface area (Å²) in [5, 5.41) is 3.81. The Balaban J connectivity index is 2.40. The van der Waals surface area contributed by atoms with Crippen molar-refractivity contribution in [3.63, 3.8) is 0 Å². The molecule has 0 amide bonds. The minimum absolute atomic E-state index is 0.0301. The largest absolute Gasteiger partial charge is 0.472 e. The van der Waals surface area contributed by atoms with Crippen molar-refractivity contribution in [3.05, 3.63) is 53.2 Å².